The predicted octanol–water partition coefficient (Wildman–Crippen LogP) is 6.40. The third-order valence-electron chi connectivity index (χ3n) is 5.51. The van der Waals surface area contributed by atoms with Crippen LogP contribution in [0.2, 0.25) is 5.02 Å². The van der Waals surface area contributed by atoms with E-state index in [1.54, 1.807) is 22.2 Å². The number of aryl methyl sites for hydroxylation is 2. The monoisotopic (exact) mass is 471 g/mol. The van der Waals surface area contributed by atoms with Gasteiger partial charge in [-0.15, -0.1) is 16.4 Å². The normalized spacial score (nSPS) is 11.6. The Hall–Kier alpha value is -3.55. The maximum atomic E-state index is 6.20. The van der Waals surface area contributed by atoms with E-state index in [9.17, 15) is 0 Å². The lowest BCUT2D eigenvalue weighted by Gasteiger charge is -2.08. The van der Waals surface area contributed by atoms with Crippen LogP contribution in [0.1, 0.15) is 16.8 Å². The largest absolute Gasteiger partial charge is 0.487 e. The van der Waals surface area contributed by atoms with Gasteiger partial charge in [-0.05, 0) is 49.2 Å². The lowest BCUT2D eigenvalue weighted by molar-refractivity contribution is 0.306. The van der Waals surface area contributed by atoms with E-state index in [4.69, 9.17) is 26.3 Å². The van der Waals surface area contributed by atoms with Crippen molar-refractivity contribution in [2.24, 2.45) is 0 Å². The molecule has 0 aliphatic carbocycles. The molecule has 0 spiro atoms. The molecule has 162 valence electrons. The Kier molecular flexibility index (Phi) is 4.74. The SMILES string of the molecule is Cc1cc(C)c2c(n1)sc1c2ncn2nc(-c3cccc(COc4ccccc4Cl)c3)nc12. The molecule has 0 aliphatic rings. The fraction of sp³-hybridized carbons (Fsp3) is 0.120. The number of aromatic nitrogens is 5. The molecule has 6 aromatic rings. The summed E-state index contributed by atoms with van der Waals surface area (Å²) in [6.07, 6.45) is 1.73. The van der Waals surface area contributed by atoms with E-state index in [-0.39, 0.29) is 0 Å². The Morgan fingerprint density at radius 2 is 1.91 bits per heavy atom. The number of hydrogen-bond acceptors (Lipinski definition) is 6. The van der Waals surface area contributed by atoms with Gasteiger partial charge in [0.25, 0.3) is 0 Å². The van der Waals surface area contributed by atoms with Gasteiger partial charge in [0, 0.05) is 16.6 Å². The summed E-state index contributed by atoms with van der Waals surface area (Å²) in [7, 11) is 0. The molecule has 0 bridgehead atoms. The van der Waals surface area contributed by atoms with E-state index in [0.29, 0.717) is 23.2 Å². The predicted molar refractivity (Wildman–Crippen MR) is 132 cm³/mol. The average Bonchev–Trinajstić information content (AvgIpc) is 3.40. The highest BCUT2D eigenvalue weighted by Gasteiger charge is 2.17. The molecule has 0 fully saturated rings. The second-order valence-corrected chi connectivity index (χ2v) is 9.31. The Bertz CT molecular complexity index is 1670. The van der Waals surface area contributed by atoms with Crippen LogP contribution in [0.5, 0.6) is 5.75 Å². The van der Waals surface area contributed by atoms with Crippen LogP contribution in [0.25, 0.3) is 37.5 Å². The molecule has 0 saturated carbocycles. The highest BCUT2D eigenvalue weighted by Crippen LogP contribution is 2.36. The van der Waals surface area contributed by atoms with Gasteiger partial charge in [-0.1, -0.05) is 41.9 Å². The van der Waals surface area contributed by atoms with Crippen molar-refractivity contribution in [2.75, 3.05) is 0 Å². The van der Waals surface area contributed by atoms with E-state index in [1.165, 1.54) is 5.56 Å². The van der Waals surface area contributed by atoms with Gasteiger partial charge in [-0.25, -0.2) is 19.5 Å². The smallest absolute Gasteiger partial charge is 0.182 e. The van der Waals surface area contributed by atoms with E-state index in [0.717, 1.165) is 42.9 Å². The zero-order valence-corrected chi connectivity index (χ0v) is 19.5. The number of rotatable bonds is 4. The van der Waals surface area contributed by atoms with Crippen LogP contribution in [0.4, 0.5) is 0 Å². The fourth-order valence-corrected chi connectivity index (χ4v) is 5.43. The van der Waals surface area contributed by atoms with Gasteiger partial charge >= 0.3 is 0 Å². The van der Waals surface area contributed by atoms with Gasteiger partial charge in [-0.2, -0.15) is 0 Å². The lowest BCUT2D eigenvalue weighted by atomic mass is 10.1. The molecular weight excluding hydrogens is 454 g/mol. The molecular formula is C25H18ClN5OS. The first-order valence-electron chi connectivity index (χ1n) is 10.5. The van der Waals surface area contributed by atoms with Gasteiger partial charge in [0.1, 0.15) is 28.2 Å². The maximum Gasteiger partial charge on any atom is 0.182 e. The second-order valence-electron chi connectivity index (χ2n) is 7.91. The van der Waals surface area contributed by atoms with Crippen LogP contribution >= 0.6 is 22.9 Å². The summed E-state index contributed by atoms with van der Waals surface area (Å²) in [5.74, 6) is 1.30. The molecule has 0 atom stereocenters. The number of ether oxygens (including phenoxy) is 1. The summed E-state index contributed by atoms with van der Waals surface area (Å²) in [6, 6.07) is 17.6. The van der Waals surface area contributed by atoms with Crippen molar-refractivity contribution >= 4 is 49.0 Å². The van der Waals surface area contributed by atoms with Crippen LogP contribution in [-0.2, 0) is 6.61 Å². The summed E-state index contributed by atoms with van der Waals surface area (Å²) in [4.78, 5) is 15.2. The van der Waals surface area contributed by atoms with Crippen molar-refractivity contribution in [3.63, 3.8) is 0 Å². The second kappa shape index (κ2) is 7.79. The summed E-state index contributed by atoms with van der Waals surface area (Å²) < 4.78 is 8.62. The van der Waals surface area contributed by atoms with Gasteiger partial charge in [0.2, 0.25) is 0 Å². The third-order valence-corrected chi connectivity index (χ3v) is 6.89. The van der Waals surface area contributed by atoms with Gasteiger partial charge in [0.05, 0.1) is 10.5 Å². The zero-order valence-electron chi connectivity index (χ0n) is 17.9. The minimum absolute atomic E-state index is 0.400. The standard InChI is InChI=1S/C25H18ClN5OS/c1-14-10-15(2)28-25-20(14)21-22(33-25)24-29-23(30-31(24)13-27-21)17-7-5-6-16(11-17)12-32-19-9-4-3-8-18(19)26/h3-11,13H,12H2,1-2H3. The van der Waals surface area contributed by atoms with Crippen LogP contribution < -0.4 is 4.74 Å². The summed E-state index contributed by atoms with van der Waals surface area (Å²) in [5.41, 5.74) is 5.80. The highest BCUT2D eigenvalue weighted by molar-refractivity contribution is 7.26. The van der Waals surface area contributed by atoms with Crippen LogP contribution in [0, 0.1) is 13.8 Å². The molecule has 0 amide bonds. The number of pyridine rings is 1. The van der Waals surface area contributed by atoms with Crippen molar-refractivity contribution in [1.82, 2.24) is 24.6 Å². The molecule has 2 aromatic carbocycles. The van der Waals surface area contributed by atoms with Crippen LogP contribution in [0.3, 0.4) is 0 Å². The first-order valence-corrected chi connectivity index (χ1v) is 11.6. The van der Waals surface area contributed by atoms with E-state index in [2.05, 4.69) is 23.1 Å². The molecule has 8 heteroatoms. The number of fused-ring (bicyclic) bond motifs is 5. The molecule has 6 nitrogen and oxygen atoms in total. The van der Waals surface area contributed by atoms with Crippen molar-refractivity contribution in [3.8, 4) is 17.1 Å². The van der Waals surface area contributed by atoms with E-state index < -0.39 is 0 Å². The Morgan fingerprint density at radius 1 is 1.03 bits per heavy atom. The molecule has 0 radical (unpaired) electrons. The van der Waals surface area contributed by atoms with Crippen LogP contribution in [-0.4, -0.2) is 24.6 Å². The minimum Gasteiger partial charge on any atom is -0.487 e. The maximum absolute atomic E-state index is 6.20. The molecule has 0 saturated heterocycles. The summed E-state index contributed by atoms with van der Waals surface area (Å²) in [6.45, 7) is 4.51. The molecule has 33 heavy (non-hydrogen) atoms. The minimum atomic E-state index is 0.400. The number of benzene rings is 2. The quantitative estimate of drug-likeness (QED) is 0.297. The van der Waals surface area contributed by atoms with Crippen molar-refractivity contribution < 1.29 is 4.74 Å². The van der Waals surface area contributed by atoms with Gasteiger partial charge in [-0.3, -0.25) is 0 Å². The van der Waals surface area contributed by atoms with Crippen molar-refractivity contribution in [3.05, 3.63) is 82.8 Å². The molecule has 4 aromatic heterocycles. The van der Waals surface area contributed by atoms with Crippen molar-refractivity contribution in [2.45, 2.75) is 20.5 Å². The van der Waals surface area contributed by atoms with Gasteiger partial charge < -0.3 is 4.74 Å². The number of thiophene rings is 1. The Labute approximate surface area is 198 Å². The Balaban J connectivity index is 1.39. The first kappa shape index (κ1) is 20.1. The molecule has 0 aliphatic heterocycles. The third kappa shape index (κ3) is 3.50. The molecule has 6 rings (SSSR count). The molecule has 0 unspecified atom stereocenters. The van der Waals surface area contributed by atoms with E-state index >= 15 is 0 Å². The highest BCUT2D eigenvalue weighted by atomic mass is 35.5. The number of halogens is 1. The first-order chi connectivity index (χ1) is 16.1. The van der Waals surface area contributed by atoms with Crippen LogP contribution in [0.15, 0.2) is 60.9 Å². The Morgan fingerprint density at radius 3 is 2.79 bits per heavy atom. The number of hydrogen-bond donors (Lipinski definition) is 0. The number of nitrogens with zero attached hydrogens (tertiary/aromatic N) is 5. The van der Waals surface area contributed by atoms with E-state index in [1.807, 2.05) is 55.5 Å². The van der Waals surface area contributed by atoms with Gasteiger partial charge in [0.15, 0.2) is 11.5 Å². The fourth-order valence-electron chi connectivity index (χ4n) is 4.01. The average molecular weight is 472 g/mol. The summed E-state index contributed by atoms with van der Waals surface area (Å²) >= 11 is 7.81. The number of para-hydroxylation sites is 1. The van der Waals surface area contributed by atoms with Crippen molar-refractivity contribution in [1.29, 1.82) is 0 Å². The zero-order chi connectivity index (χ0) is 22.5. The summed E-state index contributed by atoms with van der Waals surface area (Å²) in [5, 5.41) is 6.37. The molecule has 4 heterocycles. The topological polar surface area (TPSA) is 65.2 Å². The lowest BCUT2D eigenvalue weighted by Crippen LogP contribution is -1.96. The molecule has 0 N–H and O–H groups in total.